The normalized spacial score (nSPS) is 29.6. The van der Waals surface area contributed by atoms with Crippen molar-refractivity contribution in [1.82, 2.24) is 10.2 Å². The molecule has 0 saturated carbocycles. The zero-order valence-electron chi connectivity index (χ0n) is 6.38. The second-order valence-corrected chi connectivity index (χ2v) is 3.01. The Hall–Kier alpha value is -0.280. The van der Waals surface area contributed by atoms with Crippen LogP contribution in [0.5, 0.6) is 0 Å². The predicted molar refractivity (Wildman–Crippen MR) is 44.9 cm³/mol. The third-order valence-corrected chi connectivity index (χ3v) is 2.35. The summed E-state index contributed by atoms with van der Waals surface area (Å²) < 4.78 is 0. The number of fused-ring (bicyclic) bond motifs is 1. The van der Waals surface area contributed by atoms with Gasteiger partial charge in [0, 0.05) is 19.1 Å². The molecular weight excluding hydrogens is 164 g/mol. The summed E-state index contributed by atoms with van der Waals surface area (Å²) in [5, 5.41) is 3.11. The number of carbonyl (C=O) groups is 1. The molecule has 4 heteroatoms. The molecule has 2 aliphatic rings. The molecule has 2 saturated heterocycles. The monoisotopic (exact) mass is 176 g/mol. The standard InChI is InChI=1S/C7H12N2O.ClH/c10-7-5-8-4-6-2-1-3-9(6)7;/h6,8H,1-5H2;1H. The van der Waals surface area contributed by atoms with E-state index in [9.17, 15) is 4.79 Å². The third-order valence-electron chi connectivity index (χ3n) is 2.35. The molecule has 0 spiro atoms. The minimum Gasteiger partial charge on any atom is -0.337 e. The van der Waals surface area contributed by atoms with Crippen LogP contribution in [0.15, 0.2) is 0 Å². The van der Waals surface area contributed by atoms with Gasteiger partial charge in [0.25, 0.3) is 0 Å². The van der Waals surface area contributed by atoms with Crippen LogP contribution >= 0.6 is 12.4 Å². The number of carbonyl (C=O) groups excluding carboxylic acids is 1. The lowest BCUT2D eigenvalue weighted by Gasteiger charge is -2.29. The highest BCUT2D eigenvalue weighted by Crippen LogP contribution is 2.18. The van der Waals surface area contributed by atoms with Gasteiger partial charge >= 0.3 is 0 Å². The Bertz CT molecular complexity index is 163. The zero-order chi connectivity index (χ0) is 6.97. The van der Waals surface area contributed by atoms with Crippen LogP contribution in [0.3, 0.4) is 0 Å². The molecule has 0 aromatic carbocycles. The van der Waals surface area contributed by atoms with Crippen LogP contribution in [0.4, 0.5) is 0 Å². The van der Waals surface area contributed by atoms with Gasteiger partial charge in [0.1, 0.15) is 0 Å². The van der Waals surface area contributed by atoms with Gasteiger partial charge in [0.2, 0.25) is 5.91 Å². The van der Waals surface area contributed by atoms with E-state index in [4.69, 9.17) is 0 Å². The van der Waals surface area contributed by atoms with Gasteiger partial charge in [0.05, 0.1) is 6.54 Å². The van der Waals surface area contributed by atoms with E-state index >= 15 is 0 Å². The lowest BCUT2D eigenvalue weighted by Crippen LogP contribution is -2.51. The van der Waals surface area contributed by atoms with Crippen molar-refractivity contribution in [3.05, 3.63) is 0 Å². The van der Waals surface area contributed by atoms with Gasteiger partial charge in [-0.1, -0.05) is 0 Å². The maximum atomic E-state index is 11.1. The van der Waals surface area contributed by atoms with E-state index in [1.165, 1.54) is 12.8 Å². The highest BCUT2D eigenvalue weighted by molar-refractivity contribution is 5.85. The summed E-state index contributed by atoms with van der Waals surface area (Å²) in [6.45, 7) is 2.55. The number of nitrogens with one attached hydrogen (secondary N) is 1. The Morgan fingerprint density at radius 2 is 2.36 bits per heavy atom. The summed E-state index contributed by atoms with van der Waals surface area (Å²) in [6.07, 6.45) is 2.39. The smallest absolute Gasteiger partial charge is 0.236 e. The highest BCUT2D eigenvalue weighted by Gasteiger charge is 2.31. The quantitative estimate of drug-likeness (QED) is 0.564. The first-order chi connectivity index (χ1) is 4.88. The number of piperazine rings is 1. The van der Waals surface area contributed by atoms with Gasteiger partial charge in [-0.15, -0.1) is 12.4 Å². The molecule has 0 radical (unpaired) electrons. The van der Waals surface area contributed by atoms with Gasteiger partial charge in [-0.25, -0.2) is 0 Å². The van der Waals surface area contributed by atoms with E-state index < -0.39 is 0 Å². The van der Waals surface area contributed by atoms with E-state index in [1.807, 2.05) is 4.90 Å². The maximum Gasteiger partial charge on any atom is 0.236 e. The molecule has 1 N–H and O–H groups in total. The van der Waals surface area contributed by atoms with Crippen molar-refractivity contribution in [2.24, 2.45) is 0 Å². The lowest BCUT2D eigenvalue weighted by atomic mass is 10.2. The summed E-state index contributed by atoms with van der Waals surface area (Å²) in [6, 6.07) is 0.515. The fraction of sp³-hybridized carbons (Fsp3) is 0.857. The molecular formula is C7H13ClN2O. The van der Waals surface area contributed by atoms with Gasteiger partial charge in [-0.3, -0.25) is 4.79 Å². The number of nitrogens with zero attached hydrogens (tertiary/aromatic N) is 1. The van der Waals surface area contributed by atoms with E-state index in [1.54, 1.807) is 0 Å². The van der Waals surface area contributed by atoms with Gasteiger partial charge in [0.15, 0.2) is 0 Å². The Morgan fingerprint density at radius 3 is 3.09 bits per heavy atom. The average molecular weight is 177 g/mol. The van der Waals surface area contributed by atoms with E-state index in [-0.39, 0.29) is 18.3 Å². The van der Waals surface area contributed by atoms with Crippen molar-refractivity contribution >= 4 is 18.3 Å². The number of hydrogen-bond donors (Lipinski definition) is 1. The van der Waals surface area contributed by atoms with Crippen molar-refractivity contribution in [2.45, 2.75) is 18.9 Å². The van der Waals surface area contributed by atoms with Crippen LogP contribution in [0.25, 0.3) is 0 Å². The molecule has 1 atom stereocenters. The van der Waals surface area contributed by atoms with Crippen LogP contribution in [0.2, 0.25) is 0 Å². The molecule has 2 rings (SSSR count). The van der Waals surface area contributed by atoms with Gasteiger partial charge < -0.3 is 10.2 Å². The molecule has 64 valence electrons. The van der Waals surface area contributed by atoms with Crippen molar-refractivity contribution in [1.29, 1.82) is 0 Å². The second-order valence-electron chi connectivity index (χ2n) is 3.01. The predicted octanol–water partition coefficient (Wildman–Crippen LogP) is 0.00240. The molecule has 2 aliphatic heterocycles. The molecule has 3 nitrogen and oxygen atoms in total. The summed E-state index contributed by atoms with van der Waals surface area (Å²) in [5.41, 5.74) is 0. The average Bonchev–Trinajstić information content (AvgIpc) is 2.36. The van der Waals surface area contributed by atoms with E-state index in [0.29, 0.717) is 12.6 Å². The first-order valence-corrected chi connectivity index (χ1v) is 3.88. The van der Waals surface area contributed by atoms with Crippen molar-refractivity contribution in [3.8, 4) is 0 Å². The van der Waals surface area contributed by atoms with Crippen LogP contribution in [-0.2, 0) is 4.79 Å². The SMILES string of the molecule is Cl.O=C1CNCC2CCCN12. The summed E-state index contributed by atoms with van der Waals surface area (Å²) >= 11 is 0. The van der Waals surface area contributed by atoms with Crippen LogP contribution in [0, 0.1) is 0 Å². The Labute approximate surface area is 72.5 Å². The Morgan fingerprint density at radius 1 is 1.55 bits per heavy atom. The molecule has 0 aromatic rings. The maximum absolute atomic E-state index is 11.1. The minimum atomic E-state index is 0. The first kappa shape index (κ1) is 8.81. The Kier molecular flexibility index (Phi) is 2.73. The number of amides is 1. The van der Waals surface area contributed by atoms with Crippen LogP contribution in [0.1, 0.15) is 12.8 Å². The molecule has 0 aliphatic carbocycles. The molecule has 1 amide bonds. The van der Waals surface area contributed by atoms with Gasteiger partial charge in [-0.05, 0) is 12.8 Å². The minimum absolute atomic E-state index is 0. The van der Waals surface area contributed by atoms with Gasteiger partial charge in [-0.2, -0.15) is 0 Å². The third kappa shape index (κ3) is 1.49. The van der Waals surface area contributed by atoms with Crippen molar-refractivity contribution < 1.29 is 4.79 Å². The molecule has 0 aromatic heterocycles. The van der Waals surface area contributed by atoms with Crippen molar-refractivity contribution in [3.63, 3.8) is 0 Å². The molecule has 2 heterocycles. The number of hydrogen-bond acceptors (Lipinski definition) is 2. The number of halogens is 1. The fourth-order valence-electron chi connectivity index (χ4n) is 1.82. The second kappa shape index (κ2) is 3.41. The summed E-state index contributed by atoms with van der Waals surface area (Å²) in [5.74, 6) is 0.286. The fourth-order valence-corrected chi connectivity index (χ4v) is 1.82. The molecule has 2 fully saturated rings. The molecule has 11 heavy (non-hydrogen) atoms. The van der Waals surface area contributed by atoms with E-state index in [0.717, 1.165) is 13.1 Å². The molecule has 0 bridgehead atoms. The van der Waals surface area contributed by atoms with E-state index in [2.05, 4.69) is 5.32 Å². The highest BCUT2D eigenvalue weighted by atomic mass is 35.5. The summed E-state index contributed by atoms with van der Waals surface area (Å²) in [4.78, 5) is 13.1. The largest absolute Gasteiger partial charge is 0.337 e. The zero-order valence-corrected chi connectivity index (χ0v) is 7.19. The lowest BCUT2D eigenvalue weighted by molar-refractivity contribution is -0.132. The van der Waals surface area contributed by atoms with Crippen LogP contribution < -0.4 is 5.32 Å². The van der Waals surface area contributed by atoms with Crippen molar-refractivity contribution in [2.75, 3.05) is 19.6 Å². The topological polar surface area (TPSA) is 32.3 Å². The molecule has 1 unspecified atom stereocenters. The van der Waals surface area contributed by atoms with Crippen LogP contribution in [-0.4, -0.2) is 36.5 Å². The number of rotatable bonds is 0. The summed E-state index contributed by atoms with van der Waals surface area (Å²) in [7, 11) is 0. The Balaban J connectivity index is 0.000000605. The first-order valence-electron chi connectivity index (χ1n) is 3.88.